The van der Waals surface area contributed by atoms with Crippen molar-refractivity contribution < 1.29 is 31.2 Å². The molecule has 0 bridgehead atoms. The summed E-state index contributed by atoms with van der Waals surface area (Å²) in [5.41, 5.74) is -0.324. The van der Waals surface area contributed by atoms with E-state index in [9.17, 15) is 26.4 Å². The number of hydrogen-bond acceptors (Lipinski definition) is 8. The van der Waals surface area contributed by atoms with Crippen LogP contribution in [0.5, 0.6) is 0 Å². The molecule has 2 aromatic carbocycles. The Balaban J connectivity index is 1.59. The first kappa shape index (κ1) is 31.5. The van der Waals surface area contributed by atoms with Crippen LogP contribution in [-0.4, -0.2) is 94.0 Å². The Morgan fingerprint density at radius 1 is 0.829 bits per heavy atom. The van der Waals surface area contributed by atoms with E-state index in [1.54, 1.807) is 0 Å². The fraction of sp³-hybridized carbons (Fsp3) is 0.517. The molecule has 0 radical (unpaired) electrons. The van der Waals surface area contributed by atoms with Crippen LogP contribution >= 0.6 is 0 Å². The first-order chi connectivity index (χ1) is 19.3. The average molecular weight is 606 g/mol. The quantitative estimate of drug-likeness (QED) is 0.282. The molecule has 1 unspecified atom stereocenters. The summed E-state index contributed by atoms with van der Waals surface area (Å²) in [7, 11) is -3.88. The molecule has 2 heterocycles. The molecule has 1 spiro atoms. The van der Waals surface area contributed by atoms with E-state index in [-0.39, 0.29) is 53.9 Å². The lowest BCUT2D eigenvalue weighted by molar-refractivity contribution is -0.0817. The Kier molecular flexibility index (Phi) is 9.52. The summed E-state index contributed by atoms with van der Waals surface area (Å²) in [6.07, 6.45) is 2.69. The van der Waals surface area contributed by atoms with E-state index in [4.69, 9.17) is 4.74 Å². The van der Waals surface area contributed by atoms with Crippen molar-refractivity contribution in [1.29, 1.82) is 0 Å². The highest BCUT2D eigenvalue weighted by Gasteiger charge is 2.55. The molecule has 10 nitrogen and oxygen atoms in total. The third-order valence-corrected chi connectivity index (χ3v) is 11.8. The van der Waals surface area contributed by atoms with Gasteiger partial charge in [-0.15, -0.1) is 0 Å². The Labute approximate surface area is 243 Å². The highest BCUT2D eigenvalue weighted by Crippen LogP contribution is 2.43. The van der Waals surface area contributed by atoms with Crippen molar-refractivity contribution in [2.24, 2.45) is 0 Å². The largest absolute Gasteiger partial charge is 0.358 e. The molecule has 2 aromatic rings. The molecule has 224 valence electrons. The van der Waals surface area contributed by atoms with Gasteiger partial charge in [0.1, 0.15) is 5.72 Å². The summed E-state index contributed by atoms with van der Waals surface area (Å²) in [5, 5.41) is 0. The fourth-order valence-electron chi connectivity index (χ4n) is 5.57. The molecule has 1 atom stereocenters. The van der Waals surface area contributed by atoms with Gasteiger partial charge in [0.2, 0.25) is 20.0 Å². The van der Waals surface area contributed by atoms with Gasteiger partial charge in [-0.2, -0.15) is 8.61 Å². The maximum atomic E-state index is 14.1. The van der Waals surface area contributed by atoms with Crippen LogP contribution in [0.4, 0.5) is 0 Å². The second kappa shape index (κ2) is 12.4. The number of hydrogen-bond donors (Lipinski definition) is 0. The van der Waals surface area contributed by atoms with E-state index in [1.165, 1.54) is 71.0 Å². The summed E-state index contributed by atoms with van der Waals surface area (Å²) in [4.78, 5) is 25.6. The third-order valence-electron chi connectivity index (χ3n) is 7.89. The average Bonchev–Trinajstić information content (AvgIpc) is 3.29. The second-order valence-electron chi connectivity index (χ2n) is 11.1. The molecular formula is C29H39N3O7S2. The molecule has 0 aromatic heterocycles. The number of ether oxygens (including phenoxy) is 1. The van der Waals surface area contributed by atoms with Gasteiger partial charge in [-0.25, -0.2) is 16.8 Å². The van der Waals surface area contributed by atoms with Gasteiger partial charge < -0.3 is 9.64 Å². The van der Waals surface area contributed by atoms with Crippen molar-refractivity contribution in [3.8, 4) is 0 Å². The van der Waals surface area contributed by atoms with Crippen LogP contribution < -0.4 is 0 Å². The maximum absolute atomic E-state index is 14.1. The van der Waals surface area contributed by atoms with Crippen molar-refractivity contribution in [3.63, 3.8) is 0 Å². The molecule has 0 amide bonds. The van der Waals surface area contributed by atoms with Gasteiger partial charge in [0.25, 0.3) is 0 Å². The number of piperidine rings is 1. The van der Waals surface area contributed by atoms with Crippen molar-refractivity contribution >= 4 is 31.6 Å². The van der Waals surface area contributed by atoms with Crippen LogP contribution in [0.3, 0.4) is 0 Å². The van der Waals surface area contributed by atoms with Gasteiger partial charge >= 0.3 is 0 Å². The SMILES string of the molecule is CC(=O)c1ccc(S(=O)(=O)N2CCC3(CC2)OCC(CCCCN(C)C)N3S(=O)(=O)c2ccc(C(C)=O)cc2)cc1. The Morgan fingerprint density at radius 3 is 1.78 bits per heavy atom. The Morgan fingerprint density at radius 2 is 1.32 bits per heavy atom. The predicted molar refractivity (Wildman–Crippen MR) is 155 cm³/mol. The van der Waals surface area contributed by atoms with Crippen LogP contribution in [0.1, 0.15) is 66.7 Å². The van der Waals surface area contributed by atoms with Crippen molar-refractivity contribution in [2.45, 2.75) is 67.5 Å². The number of unbranched alkanes of at least 4 members (excludes halogenated alkanes) is 1. The molecule has 0 aliphatic carbocycles. The summed E-state index contributed by atoms with van der Waals surface area (Å²) in [6.45, 7) is 4.13. The van der Waals surface area contributed by atoms with Crippen LogP contribution in [0.15, 0.2) is 58.3 Å². The number of benzene rings is 2. The van der Waals surface area contributed by atoms with Crippen LogP contribution in [-0.2, 0) is 24.8 Å². The molecular weight excluding hydrogens is 566 g/mol. The highest BCUT2D eigenvalue weighted by molar-refractivity contribution is 7.89. The number of carbonyl (C=O) groups is 2. The highest BCUT2D eigenvalue weighted by atomic mass is 32.2. The monoisotopic (exact) mass is 605 g/mol. The topological polar surface area (TPSA) is 121 Å². The smallest absolute Gasteiger partial charge is 0.245 e. The van der Waals surface area contributed by atoms with E-state index >= 15 is 0 Å². The number of sulfonamides is 2. The summed E-state index contributed by atoms with van der Waals surface area (Å²) >= 11 is 0. The second-order valence-corrected chi connectivity index (χ2v) is 14.8. The zero-order chi connectivity index (χ0) is 30.0. The first-order valence-corrected chi connectivity index (χ1v) is 16.7. The van der Waals surface area contributed by atoms with Gasteiger partial charge in [-0.1, -0.05) is 30.7 Å². The van der Waals surface area contributed by atoms with E-state index in [1.807, 2.05) is 14.1 Å². The van der Waals surface area contributed by atoms with E-state index in [0.717, 1.165) is 19.4 Å². The Hall–Kier alpha value is -2.48. The van der Waals surface area contributed by atoms with E-state index < -0.39 is 31.8 Å². The van der Waals surface area contributed by atoms with Crippen LogP contribution in [0, 0.1) is 0 Å². The van der Waals surface area contributed by atoms with E-state index in [0.29, 0.717) is 17.5 Å². The molecule has 2 aliphatic heterocycles. The lowest BCUT2D eigenvalue weighted by Crippen LogP contribution is -2.57. The van der Waals surface area contributed by atoms with Crippen molar-refractivity contribution in [2.75, 3.05) is 40.3 Å². The van der Waals surface area contributed by atoms with Gasteiger partial charge in [0.15, 0.2) is 11.6 Å². The Bertz CT molecular complexity index is 1460. The minimum atomic E-state index is -4.02. The lowest BCUT2D eigenvalue weighted by Gasteiger charge is -2.43. The molecule has 2 fully saturated rings. The molecule has 41 heavy (non-hydrogen) atoms. The molecule has 2 saturated heterocycles. The summed E-state index contributed by atoms with van der Waals surface area (Å²) < 4.78 is 64.1. The summed E-state index contributed by atoms with van der Waals surface area (Å²) in [5.74, 6) is -0.307. The standard InChI is InChI=1S/C29H39N3O7S2/c1-22(33)24-8-12-27(13-9-24)40(35,36)31-19-16-29(17-20-31)32(26(21-39-29)7-5-6-18-30(3)4)41(37,38)28-14-10-25(11-15-28)23(2)34/h8-15,26H,5-7,16-21H2,1-4H3. The molecule has 0 N–H and O–H groups in total. The zero-order valence-electron chi connectivity index (χ0n) is 24.1. The maximum Gasteiger partial charge on any atom is 0.245 e. The van der Waals surface area contributed by atoms with Gasteiger partial charge in [-0.3, -0.25) is 9.59 Å². The number of carbonyl (C=O) groups excluding carboxylic acids is 2. The van der Waals surface area contributed by atoms with Gasteiger partial charge in [0.05, 0.1) is 22.4 Å². The predicted octanol–water partition coefficient (Wildman–Crippen LogP) is 3.39. The summed E-state index contributed by atoms with van der Waals surface area (Å²) in [6, 6.07) is 11.4. The number of nitrogens with zero attached hydrogens (tertiary/aromatic N) is 3. The fourth-order valence-corrected chi connectivity index (χ4v) is 8.95. The van der Waals surface area contributed by atoms with Crippen LogP contribution in [0.25, 0.3) is 0 Å². The first-order valence-electron chi connectivity index (χ1n) is 13.8. The van der Waals surface area contributed by atoms with Crippen molar-refractivity contribution in [1.82, 2.24) is 13.5 Å². The molecule has 2 aliphatic rings. The number of ketones is 2. The normalized spacial score (nSPS) is 20.1. The van der Waals surface area contributed by atoms with Crippen molar-refractivity contribution in [3.05, 3.63) is 59.7 Å². The van der Waals surface area contributed by atoms with Gasteiger partial charge in [-0.05, 0) is 71.6 Å². The van der Waals surface area contributed by atoms with Gasteiger partial charge in [0, 0.05) is 37.1 Å². The minimum absolute atomic E-state index is 0.0753. The number of rotatable bonds is 11. The molecule has 4 rings (SSSR count). The minimum Gasteiger partial charge on any atom is -0.358 e. The molecule has 0 saturated carbocycles. The molecule has 12 heteroatoms. The zero-order valence-corrected chi connectivity index (χ0v) is 25.7. The third kappa shape index (κ3) is 6.63. The number of Topliss-reactive ketones (excluding diaryl/α,β-unsaturated/α-hetero) is 2. The van der Waals surface area contributed by atoms with Crippen LogP contribution in [0.2, 0.25) is 0 Å². The lowest BCUT2D eigenvalue weighted by atomic mass is 10.0. The van der Waals surface area contributed by atoms with E-state index in [2.05, 4.69) is 4.90 Å².